The third kappa shape index (κ3) is 3.04. The molecule has 2 aliphatic heterocycles. The lowest BCUT2D eigenvalue weighted by Crippen LogP contribution is -2.52. The standard InChI is InChI=1S/C16H24ClN3O/c1-21-16-5-4-12(9-14(16)17)15(10-18)20-8-7-19-6-2-3-13(19)11-20/h4-5,9,13,15H,2-3,6-8,10-11,18H2,1H3. The van der Waals surface area contributed by atoms with E-state index in [0.29, 0.717) is 17.6 Å². The van der Waals surface area contributed by atoms with Crippen LogP contribution in [0.4, 0.5) is 0 Å². The fourth-order valence-electron chi connectivity index (χ4n) is 3.68. The maximum Gasteiger partial charge on any atom is 0.137 e. The van der Waals surface area contributed by atoms with Gasteiger partial charge in [-0.1, -0.05) is 17.7 Å². The van der Waals surface area contributed by atoms with Crippen LogP contribution in [0.3, 0.4) is 0 Å². The molecule has 0 aliphatic carbocycles. The molecule has 0 saturated carbocycles. The van der Waals surface area contributed by atoms with Gasteiger partial charge in [-0.3, -0.25) is 9.80 Å². The van der Waals surface area contributed by atoms with Crippen molar-refractivity contribution in [3.05, 3.63) is 28.8 Å². The molecule has 0 amide bonds. The van der Waals surface area contributed by atoms with Crippen molar-refractivity contribution in [3.8, 4) is 5.75 Å². The quantitative estimate of drug-likeness (QED) is 0.925. The molecule has 1 aromatic carbocycles. The van der Waals surface area contributed by atoms with Gasteiger partial charge in [0.25, 0.3) is 0 Å². The summed E-state index contributed by atoms with van der Waals surface area (Å²) in [4.78, 5) is 5.13. The molecule has 4 nitrogen and oxygen atoms in total. The van der Waals surface area contributed by atoms with Gasteiger partial charge in [-0.25, -0.2) is 0 Å². The Bertz CT molecular complexity index is 496. The second-order valence-electron chi connectivity index (χ2n) is 5.97. The van der Waals surface area contributed by atoms with Crippen LogP contribution in [0.1, 0.15) is 24.4 Å². The number of ether oxygens (including phenoxy) is 1. The van der Waals surface area contributed by atoms with Gasteiger partial charge in [0.05, 0.1) is 12.1 Å². The Morgan fingerprint density at radius 2 is 2.24 bits per heavy atom. The van der Waals surface area contributed by atoms with Gasteiger partial charge in [0.1, 0.15) is 5.75 Å². The van der Waals surface area contributed by atoms with Gasteiger partial charge in [0.2, 0.25) is 0 Å². The van der Waals surface area contributed by atoms with E-state index in [-0.39, 0.29) is 6.04 Å². The Kier molecular flexibility index (Phi) is 4.69. The molecule has 1 aromatic rings. The number of nitrogens with zero attached hydrogens (tertiary/aromatic N) is 2. The normalized spacial score (nSPS) is 24.8. The third-order valence-corrected chi connectivity index (χ3v) is 5.14. The summed E-state index contributed by atoms with van der Waals surface area (Å²) in [6.45, 7) is 5.24. The number of nitrogens with two attached hydrogens (primary N) is 1. The molecule has 2 N–H and O–H groups in total. The molecule has 2 unspecified atom stereocenters. The van der Waals surface area contributed by atoms with Crippen LogP contribution in [0, 0.1) is 0 Å². The number of rotatable bonds is 4. The van der Waals surface area contributed by atoms with E-state index in [1.54, 1.807) is 7.11 Å². The summed E-state index contributed by atoms with van der Waals surface area (Å²) in [6.07, 6.45) is 2.65. The summed E-state index contributed by atoms with van der Waals surface area (Å²) in [5, 5.41) is 0.660. The number of hydrogen-bond donors (Lipinski definition) is 1. The van der Waals surface area contributed by atoms with E-state index in [0.717, 1.165) is 25.4 Å². The Balaban J connectivity index is 1.76. The summed E-state index contributed by atoms with van der Waals surface area (Å²) in [7, 11) is 1.64. The van der Waals surface area contributed by atoms with Gasteiger partial charge < -0.3 is 10.5 Å². The number of benzene rings is 1. The highest BCUT2D eigenvalue weighted by Gasteiger charge is 2.33. The van der Waals surface area contributed by atoms with Crippen molar-refractivity contribution in [2.75, 3.05) is 39.8 Å². The predicted octanol–water partition coefficient (Wildman–Crippen LogP) is 2.13. The minimum atomic E-state index is 0.246. The highest BCUT2D eigenvalue weighted by Crippen LogP contribution is 2.32. The minimum Gasteiger partial charge on any atom is -0.495 e. The van der Waals surface area contributed by atoms with Crippen molar-refractivity contribution in [1.29, 1.82) is 0 Å². The maximum absolute atomic E-state index is 6.27. The molecule has 0 spiro atoms. The lowest BCUT2D eigenvalue weighted by molar-refractivity contribution is 0.0737. The predicted molar refractivity (Wildman–Crippen MR) is 86.0 cm³/mol. The molecule has 0 aromatic heterocycles. The highest BCUT2D eigenvalue weighted by molar-refractivity contribution is 6.32. The van der Waals surface area contributed by atoms with E-state index in [4.69, 9.17) is 22.1 Å². The van der Waals surface area contributed by atoms with Crippen LogP contribution in [0.2, 0.25) is 5.02 Å². The van der Waals surface area contributed by atoms with E-state index < -0.39 is 0 Å². The molecule has 21 heavy (non-hydrogen) atoms. The first kappa shape index (κ1) is 15.1. The zero-order valence-corrected chi connectivity index (χ0v) is 13.4. The van der Waals surface area contributed by atoms with Crippen molar-refractivity contribution in [2.24, 2.45) is 5.73 Å². The summed E-state index contributed by atoms with van der Waals surface area (Å²) in [5.41, 5.74) is 7.25. The monoisotopic (exact) mass is 309 g/mol. The summed E-state index contributed by atoms with van der Waals surface area (Å²) in [6, 6.07) is 6.98. The second-order valence-corrected chi connectivity index (χ2v) is 6.38. The van der Waals surface area contributed by atoms with Crippen molar-refractivity contribution >= 4 is 11.6 Å². The van der Waals surface area contributed by atoms with Gasteiger partial charge in [0.15, 0.2) is 0 Å². The molecule has 2 aliphatic rings. The molecule has 0 radical (unpaired) electrons. The zero-order chi connectivity index (χ0) is 14.8. The summed E-state index contributed by atoms with van der Waals surface area (Å²) >= 11 is 6.27. The number of halogens is 1. The number of fused-ring (bicyclic) bond motifs is 1. The van der Waals surface area contributed by atoms with E-state index in [1.807, 2.05) is 12.1 Å². The number of methoxy groups -OCH3 is 1. The largest absolute Gasteiger partial charge is 0.495 e. The van der Waals surface area contributed by atoms with Crippen molar-refractivity contribution in [1.82, 2.24) is 9.80 Å². The van der Waals surface area contributed by atoms with Gasteiger partial charge in [-0.2, -0.15) is 0 Å². The zero-order valence-electron chi connectivity index (χ0n) is 12.6. The van der Waals surface area contributed by atoms with E-state index >= 15 is 0 Å². The highest BCUT2D eigenvalue weighted by atomic mass is 35.5. The van der Waals surface area contributed by atoms with Crippen LogP contribution in [-0.2, 0) is 0 Å². The lowest BCUT2D eigenvalue weighted by Gasteiger charge is -2.41. The van der Waals surface area contributed by atoms with Crippen LogP contribution in [0.5, 0.6) is 5.75 Å². The molecule has 2 fully saturated rings. The van der Waals surface area contributed by atoms with Crippen molar-refractivity contribution in [3.63, 3.8) is 0 Å². The molecule has 2 heterocycles. The first-order valence-corrected chi connectivity index (χ1v) is 8.12. The molecule has 2 atom stereocenters. The van der Waals surface area contributed by atoms with Gasteiger partial charge in [-0.05, 0) is 37.1 Å². The molecule has 3 rings (SSSR count). The average Bonchev–Trinajstić information content (AvgIpc) is 2.96. The van der Waals surface area contributed by atoms with Crippen molar-refractivity contribution < 1.29 is 4.74 Å². The molecular weight excluding hydrogens is 286 g/mol. The smallest absolute Gasteiger partial charge is 0.137 e. The molecule has 0 bridgehead atoms. The SMILES string of the molecule is COc1ccc(C(CN)N2CCN3CCCC3C2)cc1Cl. The molecule has 5 heteroatoms. The van der Waals surface area contributed by atoms with E-state index in [1.165, 1.54) is 24.9 Å². The van der Waals surface area contributed by atoms with Gasteiger partial charge in [0, 0.05) is 38.3 Å². The molecular formula is C16H24ClN3O. The Hall–Kier alpha value is -0.810. The lowest BCUT2D eigenvalue weighted by atomic mass is 10.0. The number of hydrogen-bond acceptors (Lipinski definition) is 4. The van der Waals surface area contributed by atoms with E-state index in [9.17, 15) is 0 Å². The average molecular weight is 310 g/mol. The fraction of sp³-hybridized carbons (Fsp3) is 0.625. The van der Waals surface area contributed by atoms with Crippen LogP contribution >= 0.6 is 11.6 Å². The van der Waals surface area contributed by atoms with Crippen LogP contribution in [-0.4, -0.2) is 55.7 Å². The van der Waals surface area contributed by atoms with Gasteiger partial charge >= 0.3 is 0 Å². The van der Waals surface area contributed by atoms with Crippen LogP contribution in [0.15, 0.2) is 18.2 Å². The molecule has 2 saturated heterocycles. The van der Waals surface area contributed by atoms with Crippen molar-refractivity contribution in [2.45, 2.75) is 24.9 Å². The number of piperazine rings is 1. The molecule has 116 valence electrons. The van der Waals surface area contributed by atoms with Crippen LogP contribution in [0.25, 0.3) is 0 Å². The first-order valence-electron chi connectivity index (χ1n) is 7.74. The maximum atomic E-state index is 6.27. The Morgan fingerprint density at radius 3 is 2.95 bits per heavy atom. The van der Waals surface area contributed by atoms with E-state index in [2.05, 4.69) is 15.9 Å². The van der Waals surface area contributed by atoms with Crippen LogP contribution < -0.4 is 10.5 Å². The summed E-state index contributed by atoms with van der Waals surface area (Å²) in [5.74, 6) is 0.719. The second kappa shape index (κ2) is 6.53. The Labute approximate surface area is 131 Å². The summed E-state index contributed by atoms with van der Waals surface area (Å²) < 4.78 is 5.23. The third-order valence-electron chi connectivity index (χ3n) is 4.84. The first-order chi connectivity index (χ1) is 10.2. The fourth-order valence-corrected chi connectivity index (χ4v) is 3.95. The topological polar surface area (TPSA) is 41.7 Å². The Morgan fingerprint density at radius 1 is 1.38 bits per heavy atom. The minimum absolute atomic E-state index is 0.246. The van der Waals surface area contributed by atoms with Gasteiger partial charge in [-0.15, -0.1) is 0 Å².